The molecule has 1 aliphatic rings. The predicted molar refractivity (Wildman–Crippen MR) is 124 cm³/mol. The lowest BCUT2D eigenvalue weighted by Crippen LogP contribution is -2.44. The zero-order chi connectivity index (χ0) is 22.3. The number of ether oxygens (including phenoxy) is 1. The summed E-state index contributed by atoms with van der Waals surface area (Å²) in [6, 6.07) is 25.0. The molecule has 32 heavy (non-hydrogen) atoms. The molecule has 0 spiro atoms. The van der Waals surface area contributed by atoms with Gasteiger partial charge in [-0.15, -0.1) is 11.8 Å². The summed E-state index contributed by atoms with van der Waals surface area (Å²) in [5, 5.41) is 11.7. The zero-order valence-corrected chi connectivity index (χ0v) is 18.0. The van der Waals surface area contributed by atoms with Crippen LogP contribution in [0.3, 0.4) is 0 Å². The Labute approximate surface area is 190 Å². The van der Waals surface area contributed by atoms with Crippen molar-refractivity contribution in [2.24, 2.45) is 0 Å². The second-order valence-corrected chi connectivity index (χ2v) is 8.27. The van der Waals surface area contributed by atoms with Crippen LogP contribution in [0.2, 0.25) is 0 Å². The van der Waals surface area contributed by atoms with Gasteiger partial charge in [0, 0.05) is 17.0 Å². The molecule has 1 aliphatic heterocycles. The molecule has 0 radical (unpaired) electrons. The van der Waals surface area contributed by atoms with Crippen molar-refractivity contribution in [1.82, 2.24) is 4.90 Å². The van der Waals surface area contributed by atoms with Gasteiger partial charge in [-0.05, 0) is 54.1 Å². The lowest BCUT2D eigenvalue weighted by Gasteiger charge is -2.23. The fourth-order valence-electron chi connectivity index (χ4n) is 3.31. The number of nitrogens with zero attached hydrogens (tertiary/aromatic N) is 2. The number of amides is 2. The van der Waals surface area contributed by atoms with E-state index in [1.54, 1.807) is 53.1 Å². The lowest BCUT2D eigenvalue weighted by atomic mass is 10.1. The van der Waals surface area contributed by atoms with Crippen molar-refractivity contribution in [1.29, 1.82) is 5.26 Å². The number of anilines is 1. The van der Waals surface area contributed by atoms with Crippen molar-refractivity contribution in [2.45, 2.75) is 12.6 Å². The Bertz CT molecular complexity index is 1130. The van der Waals surface area contributed by atoms with E-state index in [0.717, 1.165) is 11.3 Å². The molecule has 1 heterocycles. The van der Waals surface area contributed by atoms with Crippen LogP contribution in [-0.4, -0.2) is 34.4 Å². The summed E-state index contributed by atoms with van der Waals surface area (Å²) in [5.41, 5.74) is 2.61. The Hall–Kier alpha value is -3.76. The van der Waals surface area contributed by atoms with Crippen LogP contribution >= 0.6 is 11.8 Å². The van der Waals surface area contributed by atoms with Crippen molar-refractivity contribution in [3.63, 3.8) is 0 Å². The van der Waals surface area contributed by atoms with Crippen LogP contribution in [0.25, 0.3) is 0 Å². The molecule has 1 fully saturated rings. The Balaban J connectivity index is 1.38. The summed E-state index contributed by atoms with van der Waals surface area (Å²) in [7, 11) is 0. The molecular weight excluding hydrogens is 422 g/mol. The molecule has 3 aromatic carbocycles. The minimum absolute atomic E-state index is 0.175. The van der Waals surface area contributed by atoms with Crippen LogP contribution in [0, 0.1) is 11.3 Å². The largest absolute Gasteiger partial charge is 0.489 e. The summed E-state index contributed by atoms with van der Waals surface area (Å²) >= 11 is 1.55. The number of thioether (sulfide) groups is 1. The molecular formula is C25H21N3O3S. The molecule has 1 saturated heterocycles. The van der Waals surface area contributed by atoms with E-state index in [0.29, 0.717) is 35.1 Å². The number of para-hydroxylation sites is 1. The lowest BCUT2D eigenvalue weighted by molar-refractivity contribution is -0.119. The first kappa shape index (κ1) is 21.5. The summed E-state index contributed by atoms with van der Waals surface area (Å²) in [6.07, 6.45) is 0. The van der Waals surface area contributed by atoms with Gasteiger partial charge >= 0.3 is 0 Å². The molecule has 2 amide bonds. The third-order valence-corrected chi connectivity index (χ3v) is 6.09. The normalized spacial score (nSPS) is 15.1. The molecule has 0 saturated carbocycles. The molecule has 0 bridgehead atoms. The molecule has 160 valence electrons. The Kier molecular flexibility index (Phi) is 6.73. The first-order valence-electron chi connectivity index (χ1n) is 10.1. The first-order valence-corrected chi connectivity index (χ1v) is 11.3. The van der Waals surface area contributed by atoms with Gasteiger partial charge in [0.1, 0.15) is 18.4 Å². The van der Waals surface area contributed by atoms with Crippen molar-refractivity contribution in [3.8, 4) is 11.8 Å². The van der Waals surface area contributed by atoms with Gasteiger partial charge in [-0.3, -0.25) is 9.59 Å². The van der Waals surface area contributed by atoms with Gasteiger partial charge in [0.05, 0.1) is 17.5 Å². The van der Waals surface area contributed by atoms with Gasteiger partial charge in [-0.1, -0.05) is 30.3 Å². The van der Waals surface area contributed by atoms with Crippen molar-refractivity contribution in [3.05, 3.63) is 95.6 Å². The standard InChI is InChI=1S/C25H21N3O3S/c26-14-18-8-12-21(13-9-18)27-24(29)23-16-32-17-28(23)25(30)20-10-6-19(7-11-20)15-31-22-4-2-1-3-5-22/h1-13,23H,15-17H2,(H,27,29). The number of nitriles is 1. The van der Waals surface area contributed by atoms with Crippen LogP contribution in [-0.2, 0) is 11.4 Å². The fourth-order valence-corrected chi connectivity index (χ4v) is 4.46. The first-order chi connectivity index (χ1) is 15.6. The van der Waals surface area contributed by atoms with E-state index in [2.05, 4.69) is 5.32 Å². The van der Waals surface area contributed by atoms with Crippen molar-refractivity contribution < 1.29 is 14.3 Å². The molecule has 4 rings (SSSR count). The highest BCUT2D eigenvalue weighted by molar-refractivity contribution is 7.99. The number of rotatable bonds is 6. The summed E-state index contributed by atoms with van der Waals surface area (Å²) in [4.78, 5) is 27.4. The molecule has 0 aliphatic carbocycles. The molecule has 7 heteroatoms. The van der Waals surface area contributed by atoms with E-state index in [1.807, 2.05) is 48.5 Å². The Morgan fingerprint density at radius 1 is 1.03 bits per heavy atom. The van der Waals surface area contributed by atoms with E-state index in [9.17, 15) is 9.59 Å². The highest BCUT2D eigenvalue weighted by Crippen LogP contribution is 2.25. The molecule has 1 unspecified atom stereocenters. The molecule has 6 nitrogen and oxygen atoms in total. The average Bonchev–Trinajstić information content (AvgIpc) is 3.34. The van der Waals surface area contributed by atoms with E-state index >= 15 is 0 Å². The Morgan fingerprint density at radius 3 is 2.44 bits per heavy atom. The third-order valence-electron chi connectivity index (χ3n) is 5.08. The second kappa shape index (κ2) is 10.0. The van der Waals surface area contributed by atoms with Crippen molar-refractivity contribution >= 4 is 29.3 Å². The minimum atomic E-state index is -0.552. The number of hydrogen-bond donors (Lipinski definition) is 1. The maximum atomic E-state index is 13.1. The van der Waals surface area contributed by atoms with E-state index in [4.69, 9.17) is 10.00 Å². The molecule has 0 aromatic heterocycles. The number of carbonyl (C=O) groups is 2. The Morgan fingerprint density at radius 2 is 1.75 bits per heavy atom. The van der Waals surface area contributed by atoms with E-state index < -0.39 is 6.04 Å². The van der Waals surface area contributed by atoms with E-state index in [-0.39, 0.29) is 11.8 Å². The summed E-state index contributed by atoms with van der Waals surface area (Å²) < 4.78 is 5.74. The highest BCUT2D eigenvalue weighted by atomic mass is 32.2. The number of hydrogen-bond acceptors (Lipinski definition) is 5. The van der Waals surface area contributed by atoms with Gasteiger partial charge in [-0.25, -0.2) is 0 Å². The number of benzene rings is 3. The smallest absolute Gasteiger partial charge is 0.255 e. The fraction of sp³-hybridized carbons (Fsp3) is 0.160. The highest BCUT2D eigenvalue weighted by Gasteiger charge is 2.35. The second-order valence-electron chi connectivity index (χ2n) is 7.27. The van der Waals surface area contributed by atoms with Crippen LogP contribution < -0.4 is 10.1 Å². The molecule has 1 atom stereocenters. The van der Waals surface area contributed by atoms with Crippen molar-refractivity contribution in [2.75, 3.05) is 16.9 Å². The number of nitrogens with one attached hydrogen (secondary N) is 1. The molecule has 1 N–H and O–H groups in total. The zero-order valence-electron chi connectivity index (χ0n) is 17.2. The van der Waals surface area contributed by atoms with Gasteiger partial charge in [0.15, 0.2) is 0 Å². The SMILES string of the molecule is N#Cc1ccc(NC(=O)C2CSCN2C(=O)c2ccc(COc3ccccc3)cc2)cc1. The van der Waals surface area contributed by atoms with Crippen LogP contribution in [0.4, 0.5) is 5.69 Å². The van der Waals surface area contributed by atoms with Gasteiger partial charge in [0.25, 0.3) is 5.91 Å². The quantitative estimate of drug-likeness (QED) is 0.615. The minimum Gasteiger partial charge on any atom is -0.489 e. The van der Waals surface area contributed by atoms with Crippen LogP contribution in [0.1, 0.15) is 21.5 Å². The molecule has 3 aromatic rings. The monoisotopic (exact) mass is 443 g/mol. The summed E-state index contributed by atoms with van der Waals surface area (Å²) in [5.74, 6) is 1.38. The predicted octanol–water partition coefficient (Wildman–Crippen LogP) is 4.29. The van der Waals surface area contributed by atoms with Crippen LogP contribution in [0.15, 0.2) is 78.9 Å². The topological polar surface area (TPSA) is 82.4 Å². The van der Waals surface area contributed by atoms with E-state index in [1.165, 1.54) is 0 Å². The summed E-state index contributed by atoms with van der Waals surface area (Å²) in [6.45, 7) is 0.410. The van der Waals surface area contributed by atoms with Gasteiger partial charge in [0.2, 0.25) is 5.91 Å². The number of carbonyl (C=O) groups excluding carboxylic acids is 2. The van der Waals surface area contributed by atoms with Gasteiger partial charge in [-0.2, -0.15) is 5.26 Å². The van der Waals surface area contributed by atoms with Crippen LogP contribution in [0.5, 0.6) is 5.75 Å². The average molecular weight is 444 g/mol. The van der Waals surface area contributed by atoms with Gasteiger partial charge < -0.3 is 15.0 Å². The maximum Gasteiger partial charge on any atom is 0.255 e. The third kappa shape index (κ3) is 5.10. The maximum absolute atomic E-state index is 13.1.